The lowest BCUT2D eigenvalue weighted by Gasteiger charge is -2.38. The van der Waals surface area contributed by atoms with Gasteiger partial charge in [0.15, 0.2) is 5.69 Å². The van der Waals surface area contributed by atoms with Crippen LogP contribution < -0.4 is 4.48 Å². The molecule has 69 heavy (non-hydrogen) atoms. The summed E-state index contributed by atoms with van der Waals surface area (Å²) in [6, 6.07) is 86.4. The van der Waals surface area contributed by atoms with Gasteiger partial charge in [-0.25, -0.2) is 4.48 Å². The molecular formula is C66H51N2S+. The lowest BCUT2D eigenvalue weighted by molar-refractivity contribution is 0.512. The Balaban J connectivity index is 0.924. The van der Waals surface area contributed by atoms with Crippen LogP contribution in [0.15, 0.2) is 231 Å². The van der Waals surface area contributed by atoms with Crippen LogP contribution in [0.2, 0.25) is 0 Å². The van der Waals surface area contributed by atoms with Crippen molar-refractivity contribution >= 4 is 70.4 Å². The van der Waals surface area contributed by atoms with E-state index in [0.29, 0.717) is 4.48 Å². The van der Waals surface area contributed by atoms with E-state index in [2.05, 4.69) is 256 Å². The molecule has 1 atom stereocenters. The molecule has 10 aromatic carbocycles. The van der Waals surface area contributed by atoms with Gasteiger partial charge in [0, 0.05) is 65.8 Å². The molecule has 0 radical (unpaired) electrons. The Bertz CT molecular complexity index is 3930. The number of aromatic nitrogens is 1. The second-order valence-electron chi connectivity index (χ2n) is 19.3. The molecule has 0 fully saturated rings. The number of benzene rings is 10. The first-order valence-corrected chi connectivity index (χ1v) is 25.2. The van der Waals surface area contributed by atoms with E-state index in [9.17, 15) is 0 Å². The summed E-state index contributed by atoms with van der Waals surface area (Å²) < 4.78 is 5.69. The molecule has 0 saturated carbocycles. The predicted molar refractivity (Wildman–Crippen MR) is 297 cm³/mol. The van der Waals surface area contributed by atoms with E-state index in [1.54, 1.807) is 0 Å². The summed E-state index contributed by atoms with van der Waals surface area (Å²) in [5.74, 6) is 0. The van der Waals surface area contributed by atoms with Gasteiger partial charge in [0.05, 0.1) is 17.6 Å². The van der Waals surface area contributed by atoms with Gasteiger partial charge in [0.1, 0.15) is 11.4 Å². The molecule has 330 valence electrons. The van der Waals surface area contributed by atoms with Crippen molar-refractivity contribution in [2.45, 2.75) is 32.6 Å². The van der Waals surface area contributed by atoms with Crippen molar-refractivity contribution < 1.29 is 0 Å². The van der Waals surface area contributed by atoms with Crippen LogP contribution in [0.1, 0.15) is 38.3 Å². The van der Waals surface area contributed by atoms with E-state index < -0.39 is 0 Å². The SMILES string of the molecule is CCC[N+](c1ccccc1)(c1ccc(-c2ccc3sc4ccccc4c3c2)cc1)c1ccccc1-c1ccc2c(c1)-c1ccc(-c3cccc4c3c3ccccc3n4-c3ccccc3)cc1C2(C)C. The van der Waals surface area contributed by atoms with Crippen molar-refractivity contribution in [2.24, 2.45) is 0 Å². The fraction of sp³-hybridized carbons (Fsp3) is 0.0909. The third-order valence-corrected chi connectivity index (χ3v) is 16.3. The van der Waals surface area contributed by atoms with Crippen molar-refractivity contribution in [3.8, 4) is 50.2 Å². The summed E-state index contributed by atoms with van der Waals surface area (Å²) >= 11 is 1.87. The summed E-state index contributed by atoms with van der Waals surface area (Å²) in [6.45, 7) is 8.03. The van der Waals surface area contributed by atoms with Crippen LogP contribution in [0.4, 0.5) is 17.1 Å². The lowest BCUT2D eigenvalue weighted by Crippen LogP contribution is -2.40. The van der Waals surface area contributed by atoms with Crippen LogP contribution in [-0.2, 0) is 5.41 Å². The fourth-order valence-corrected chi connectivity index (χ4v) is 13.0. The van der Waals surface area contributed by atoms with Crippen LogP contribution in [0.5, 0.6) is 0 Å². The predicted octanol–water partition coefficient (Wildman–Crippen LogP) is 18.8. The highest BCUT2D eigenvalue weighted by molar-refractivity contribution is 7.25. The molecule has 0 bridgehead atoms. The molecule has 0 amide bonds. The summed E-state index contributed by atoms with van der Waals surface area (Å²) in [6.07, 6.45) is 1.00. The molecular weight excluding hydrogens is 853 g/mol. The average Bonchev–Trinajstić information content (AvgIpc) is 4.03. The zero-order valence-electron chi connectivity index (χ0n) is 39.2. The van der Waals surface area contributed by atoms with Crippen molar-refractivity contribution in [2.75, 3.05) is 6.54 Å². The third kappa shape index (κ3) is 6.42. The quantitative estimate of drug-likeness (QED) is 0.127. The number of hydrogen-bond donors (Lipinski definition) is 0. The highest BCUT2D eigenvalue weighted by atomic mass is 32.1. The van der Waals surface area contributed by atoms with Gasteiger partial charge in [-0.05, 0) is 141 Å². The monoisotopic (exact) mass is 903 g/mol. The van der Waals surface area contributed by atoms with E-state index in [1.807, 2.05) is 11.3 Å². The number of nitrogens with zero attached hydrogens (tertiary/aromatic N) is 2. The van der Waals surface area contributed by atoms with Crippen LogP contribution >= 0.6 is 11.3 Å². The Morgan fingerprint density at radius 2 is 1.04 bits per heavy atom. The average molecular weight is 904 g/mol. The standard InChI is InChI=1S/C66H51N2S/c1-4-40-68(49-20-9-6-10-21-49,50-35-30-44(31-36-50)45-34-39-64-57(41-45)54-23-13-16-29-63(54)69-64)62-28-15-12-22-51(62)46-33-38-58-56(42-46)53-37-32-47(43-59(53)66(58,2)3)52-25-17-27-61-65(52)55-24-11-14-26-60(55)67(61)48-18-7-5-8-19-48/h5-39,41-43H,4,40H2,1-3H3/q+1. The first-order valence-electron chi connectivity index (χ1n) is 24.4. The van der Waals surface area contributed by atoms with Gasteiger partial charge in [-0.15, -0.1) is 11.3 Å². The second kappa shape index (κ2) is 16.2. The Hall–Kier alpha value is -7.82. The van der Waals surface area contributed by atoms with Crippen molar-refractivity contribution in [1.82, 2.24) is 9.05 Å². The number of thiophene rings is 1. The number of hydrogen-bond acceptors (Lipinski definition) is 1. The van der Waals surface area contributed by atoms with Crippen LogP contribution in [0.3, 0.4) is 0 Å². The van der Waals surface area contributed by atoms with Gasteiger partial charge < -0.3 is 4.57 Å². The van der Waals surface area contributed by atoms with Gasteiger partial charge in [-0.3, -0.25) is 0 Å². The van der Waals surface area contributed by atoms with Gasteiger partial charge in [0.25, 0.3) is 0 Å². The molecule has 12 aromatic rings. The molecule has 0 saturated heterocycles. The molecule has 1 aliphatic rings. The largest absolute Gasteiger partial charge is 0.309 e. The molecule has 2 heterocycles. The lowest BCUT2D eigenvalue weighted by atomic mass is 9.81. The van der Waals surface area contributed by atoms with Gasteiger partial charge in [0.2, 0.25) is 0 Å². The van der Waals surface area contributed by atoms with Crippen molar-refractivity contribution in [3.05, 3.63) is 242 Å². The van der Waals surface area contributed by atoms with E-state index in [-0.39, 0.29) is 5.41 Å². The number of rotatable bonds is 9. The summed E-state index contributed by atoms with van der Waals surface area (Å²) in [5, 5.41) is 5.22. The molecule has 1 aliphatic carbocycles. The number of fused-ring (bicyclic) bond motifs is 9. The zero-order valence-corrected chi connectivity index (χ0v) is 40.0. The Labute approximate surface area is 408 Å². The number of para-hydroxylation sites is 4. The van der Waals surface area contributed by atoms with Crippen LogP contribution in [0, 0.1) is 0 Å². The topological polar surface area (TPSA) is 4.93 Å². The first-order chi connectivity index (χ1) is 33.9. The molecule has 1 unspecified atom stereocenters. The van der Waals surface area contributed by atoms with Crippen LogP contribution in [0.25, 0.3) is 92.2 Å². The van der Waals surface area contributed by atoms with E-state index >= 15 is 0 Å². The maximum Gasteiger partial charge on any atom is 0.150 e. The highest BCUT2D eigenvalue weighted by Crippen LogP contribution is 2.54. The Morgan fingerprint density at radius 3 is 1.87 bits per heavy atom. The minimum atomic E-state index is -0.181. The van der Waals surface area contributed by atoms with Crippen molar-refractivity contribution in [1.29, 1.82) is 0 Å². The van der Waals surface area contributed by atoms with Crippen LogP contribution in [-0.4, -0.2) is 11.1 Å². The minimum Gasteiger partial charge on any atom is -0.309 e. The zero-order chi connectivity index (χ0) is 46.3. The van der Waals surface area contributed by atoms with E-state index in [0.717, 1.165) is 13.0 Å². The van der Waals surface area contributed by atoms with Gasteiger partial charge >= 0.3 is 0 Å². The minimum absolute atomic E-state index is 0.181. The molecule has 0 spiro atoms. The maximum absolute atomic E-state index is 2.48. The second-order valence-corrected chi connectivity index (χ2v) is 20.4. The highest BCUT2D eigenvalue weighted by Gasteiger charge is 2.40. The van der Waals surface area contributed by atoms with Gasteiger partial charge in [-0.2, -0.15) is 0 Å². The van der Waals surface area contributed by atoms with Gasteiger partial charge in [-0.1, -0.05) is 148 Å². The van der Waals surface area contributed by atoms with E-state index in [1.165, 1.54) is 120 Å². The fourth-order valence-electron chi connectivity index (χ4n) is 11.9. The molecule has 3 heteroatoms. The molecule has 0 aliphatic heterocycles. The Kier molecular flexibility index (Phi) is 9.69. The maximum atomic E-state index is 2.48. The Morgan fingerprint density at radius 1 is 0.420 bits per heavy atom. The van der Waals surface area contributed by atoms with E-state index in [4.69, 9.17) is 0 Å². The normalized spacial score (nSPS) is 13.8. The molecule has 0 N–H and O–H groups in total. The molecule has 2 aromatic heterocycles. The molecule has 2 nitrogen and oxygen atoms in total. The summed E-state index contributed by atoms with van der Waals surface area (Å²) in [4.78, 5) is 0. The first kappa shape index (κ1) is 41.4. The van der Waals surface area contributed by atoms with Crippen molar-refractivity contribution in [3.63, 3.8) is 0 Å². The summed E-state index contributed by atoms with van der Waals surface area (Å²) in [7, 11) is 0. The molecule has 13 rings (SSSR count). The number of quaternary nitrogens is 1. The summed E-state index contributed by atoms with van der Waals surface area (Å²) in [5.41, 5.74) is 20.1. The smallest absolute Gasteiger partial charge is 0.150 e. The third-order valence-electron chi connectivity index (χ3n) is 15.1.